The summed E-state index contributed by atoms with van der Waals surface area (Å²) in [5.41, 5.74) is 9.11. The normalized spacial score (nSPS) is 17.6. The molecule has 0 radical (unpaired) electrons. The Kier molecular flexibility index (Phi) is 6.78. The molecule has 0 aliphatic carbocycles. The van der Waals surface area contributed by atoms with Gasteiger partial charge in [0.05, 0.1) is 6.04 Å². The van der Waals surface area contributed by atoms with E-state index in [9.17, 15) is 0 Å². The van der Waals surface area contributed by atoms with Gasteiger partial charge in [0.1, 0.15) is 5.82 Å². The fourth-order valence-corrected chi connectivity index (χ4v) is 3.99. The van der Waals surface area contributed by atoms with E-state index in [0.717, 1.165) is 60.1 Å². The van der Waals surface area contributed by atoms with Crippen LogP contribution >= 0.6 is 11.6 Å². The zero-order valence-corrected chi connectivity index (χ0v) is 17.1. The molecule has 0 bridgehead atoms. The third-order valence-electron chi connectivity index (χ3n) is 5.12. The molecular formula is C21H30ClN5. The Labute approximate surface area is 167 Å². The van der Waals surface area contributed by atoms with E-state index in [4.69, 9.17) is 17.3 Å². The van der Waals surface area contributed by atoms with Crippen LogP contribution < -0.4 is 16.0 Å². The van der Waals surface area contributed by atoms with Gasteiger partial charge < -0.3 is 16.0 Å². The van der Waals surface area contributed by atoms with Crippen molar-refractivity contribution in [3.05, 3.63) is 40.5 Å². The molecule has 1 aromatic heterocycles. The lowest BCUT2D eigenvalue weighted by Gasteiger charge is -2.32. The molecule has 1 aliphatic heterocycles. The molecule has 2 aromatic rings. The summed E-state index contributed by atoms with van der Waals surface area (Å²) < 4.78 is 0. The standard InChI is InChI=1S/C21H30ClN5/c1-3-4-11-24-16-9-10-18(22)17(14-16)19-8-6-5-7-12-27(19)20-13-15(2)25-21(23)26-20/h9-10,13-14,19,24H,3-8,11-12H2,1-2H3,(H2,23,25,26). The number of nitrogens with one attached hydrogen (secondary N) is 1. The minimum atomic E-state index is 0.196. The second-order valence-corrected chi connectivity index (χ2v) is 7.71. The number of hydrogen-bond acceptors (Lipinski definition) is 5. The Morgan fingerprint density at radius 2 is 2.07 bits per heavy atom. The first-order valence-corrected chi connectivity index (χ1v) is 10.4. The first-order chi connectivity index (χ1) is 13.1. The second kappa shape index (κ2) is 9.27. The van der Waals surface area contributed by atoms with Crippen LogP contribution in [-0.4, -0.2) is 23.1 Å². The molecule has 27 heavy (non-hydrogen) atoms. The lowest BCUT2D eigenvalue weighted by Crippen LogP contribution is -2.30. The molecule has 1 fully saturated rings. The van der Waals surface area contributed by atoms with Crippen LogP contribution in [0.3, 0.4) is 0 Å². The molecule has 0 amide bonds. The maximum atomic E-state index is 6.65. The van der Waals surface area contributed by atoms with Crippen LogP contribution in [0.15, 0.2) is 24.3 Å². The third kappa shape index (κ3) is 5.04. The highest BCUT2D eigenvalue weighted by Gasteiger charge is 2.26. The molecule has 1 atom stereocenters. The average Bonchev–Trinajstić information content (AvgIpc) is 2.88. The number of anilines is 3. The van der Waals surface area contributed by atoms with Gasteiger partial charge in [0.2, 0.25) is 5.95 Å². The van der Waals surface area contributed by atoms with E-state index in [2.05, 4.69) is 39.2 Å². The summed E-state index contributed by atoms with van der Waals surface area (Å²) in [7, 11) is 0. The topological polar surface area (TPSA) is 67.1 Å². The maximum Gasteiger partial charge on any atom is 0.222 e. The van der Waals surface area contributed by atoms with E-state index < -0.39 is 0 Å². The fourth-order valence-electron chi connectivity index (χ4n) is 3.75. The highest BCUT2D eigenvalue weighted by atomic mass is 35.5. The molecule has 3 N–H and O–H groups in total. The van der Waals surface area contributed by atoms with Crippen molar-refractivity contribution in [2.75, 3.05) is 29.0 Å². The predicted octanol–water partition coefficient (Wildman–Crippen LogP) is 5.35. The van der Waals surface area contributed by atoms with Gasteiger partial charge in [-0.2, -0.15) is 4.98 Å². The highest BCUT2D eigenvalue weighted by molar-refractivity contribution is 6.31. The summed E-state index contributed by atoms with van der Waals surface area (Å²) in [5.74, 6) is 1.22. The average molecular weight is 388 g/mol. The van der Waals surface area contributed by atoms with Crippen LogP contribution in [0, 0.1) is 6.92 Å². The number of nitrogen functional groups attached to an aromatic ring is 1. The second-order valence-electron chi connectivity index (χ2n) is 7.30. The lowest BCUT2D eigenvalue weighted by molar-refractivity contribution is 0.596. The van der Waals surface area contributed by atoms with Crippen LogP contribution in [0.1, 0.15) is 62.7 Å². The molecule has 3 rings (SSSR count). The summed E-state index contributed by atoms with van der Waals surface area (Å²) in [5, 5.41) is 4.33. The summed E-state index contributed by atoms with van der Waals surface area (Å²) in [6.07, 6.45) is 6.95. The van der Waals surface area contributed by atoms with Gasteiger partial charge in [-0.1, -0.05) is 37.8 Å². The van der Waals surface area contributed by atoms with Gasteiger partial charge >= 0.3 is 0 Å². The summed E-state index contributed by atoms with van der Waals surface area (Å²) in [6.45, 7) is 6.09. The summed E-state index contributed by atoms with van der Waals surface area (Å²) >= 11 is 6.65. The largest absolute Gasteiger partial charge is 0.385 e. The monoisotopic (exact) mass is 387 g/mol. The van der Waals surface area contributed by atoms with Gasteiger partial charge in [-0.15, -0.1) is 0 Å². The maximum absolute atomic E-state index is 6.65. The van der Waals surface area contributed by atoms with Crippen molar-refractivity contribution >= 4 is 29.1 Å². The van der Waals surface area contributed by atoms with E-state index >= 15 is 0 Å². The molecule has 2 heterocycles. The number of nitrogens with two attached hydrogens (primary N) is 1. The van der Waals surface area contributed by atoms with Crippen LogP contribution in [0.2, 0.25) is 5.02 Å². The van der Waals surface area contributed by atoms with Gasteiger partial charge in [0, 0.05) is 35.6 Å². The summed E-state index contributed by atoms with van der Waals surface area (Å²) in [6, 6.07) is 8.50. The molecule has 0 saturated carbocycles. The number of nitrogens with zero attached hydrogens (tertiary/aromatic N) is 3. The predicted molar refractivity (Wildman–Crippen MR) is 115 cm³/mol. The number of unbranched alkanes of at least 4 members (excludes halogenated alkanes) is 1. The van der Waals surface area contributed by atoms with Gasteiger partial charge in [0.15, 0.2) is 0 Å². The first kappa shape index (κ1) is 19.7. The Morgan fingerprint density at radius 3 is 2.85 bits per heavy atom. The van der Waals surface area contributed by atoms with Crippen molar-refractivity contribution in [3.8, 4) is 0 Å². The van der Waals surface area contributed by atoms with Crippen molar-refractivity contribution in [2.45, 2.75) is 58.4 Å². The number of hydrogen-bond donors (Lipinski definition) is 2. The molecule has 1 unspecified atom stereocenters. The Bertz CT molecular complexity index is 744. The third-order valence-corrected chi connectivity index (χ3v) is 5.46. The molecule has 6 heteroatoms. The highest BCUT2D eigenvalue weighted by Crippen LogP contribution is 2.38. The minimum Gasteiger partial charge on any atom is -0.385 e. The van der Waals surface area contributed by atoms with Crippen molar-refractivity contribution < 1.29 is 0 Å². The zero-order chi connectivity index (χ0) is 19.2. The van der Waals surface area contributed by atoms with Crippen molar-refractivity contribution in [2.24, 2.45) is 0 Å². The van der Waals surface area contributed by atoms with Crippen molar-refractivity contribution in [3.63, 3.8) is 0 Å². The van der Waals surface area contributed by atoms with E-state index in [0.29, 0.717) is 5.95 Å². The molecule has 0 spiro atoms. The fraction of sp³-hybridized carbons (Fsp3) is 0.524. The molecule has 5 nitrogen and oxygen atoms in total. The van der Waals surface area contributed by atoms with Crippen LogP contribution in [0.4, 0.5) is 17.5 Å². The Morgan fingerprint density at radius 1 is 1.22 bits per heavy atom. The van der Waals surface area contributed by atoms with Crippen molar-refractivity contribution in [1.29, 1.82) is 0 Å². The van der Waals surface area contributed by atoms with Gasteiger partial charge in [-0.3, -0.25) is 0 Å². The number of halogens is 1. The first-order valence-electron chi connectivity index (χ1n) is 9.99. The van der Waals surface area contributed by atoms with Gasteiger partial charge in [0.25, 0.3) is 0 Å². The van der Waals surface area contributed by atoms with E-state index in [1.807, 2.05) is 19.1 Å². The number of aryl methyl sites for hydroxylation is 1. The smallest absolute Gasteiger partial charge is 0.222 e. The van der Waals surface area contributed by atoms with Crippen LogP contribution in [-0.2, 0) is 0 Å². The molecule has 1 saturated heterocycles. The zero-order valence-electron chi connectivity index (χ0n) is 16.3. The molecule has 146 valence electrons. The van der Waals surface area contributed by atoms with Gasteiger partial charge in [-0.25, -0.2) is 4.98 Å². The Hall–Kier alpha value is -2.01. The SMILES string of the molecule is CCCCNc1ccc(Cl)c(C2CCCCCN2c2cc(C)nc(N)n2)c1. The number of benzene rings is 1. The number of rotatable bonds is 6. The van der Waals surface area contributed by atoms with E-state index in [-0.39, 0.29) is 6.04 Å². The quantitative estimate of drug-likeness (QED) is 0.653. The van der Waals surface area contributed by atoms with Gasteiger partial charge in [-0.05, 0) is 49.9 Å². The number of aromatic nitrogens is 2. The van der Waals surface area contributed by atoms with Crippen LogP contribution in [0.25, 0.3) is 0 Å². The van der Waals surface area contributed by atoms with E-state index in [1.165, 1.54) is 19.3 Å². The van der Waals surface area contributed by atoms with Crippen LogP contribution in [0.5, 0.6) is 0 Å². The Balaban J connectivity index is 1.94. The van der Waals surface area contributed by atoms with E-state index in [1.54, 1.807) is 0 Å². The van der Waals surface area contributed by atoms with Crippen molar-refractivity contribution in [1.82, 2.24) is 9.97 Å². The molecule has 1 aliphatic rings. The summed E-state index contributed by atoms with van der Waals surface area (Å²) in [4.78, 5) is 11.1. The molecule has 1 aromatic carbocycles. The lowest BCUT2D eigenvalue weighted by atomic mass is 10.00. The minimum absolute atomic E-state index is 0.196. The molecular weight excluding hydrogens is 358 g/mol.